The van der Waals surface area contributed by atoms with Gasteiger partial charge in [-0.25, -0.2) is 4.98 Å². The number of hydrazone groups is 1. The van der Waals surface area contributed by atoms with Gasteiger partial charge in [0.05, 0.1) is 6.21 Å². The third-order valence-corrected chi connectivity index (χ3v) is 4.34. The zero-order valence-corrected chi connectivity index (χ0v) is 14.4. The van der Waals surface area contributed by atoms with E-state index in [2.05, 4.69) is 75.9 Å². The molecule has 0 atom stereocenters. The Labute approximate surface area is 146 Å². The molecule has 5 heteroatoms. The summed E-state index contributed by atoms with van der Waals surface area (Å²) in [6, 6.07) is 19.0. The molecule has 3 aromatic rings. The number of hydrogen-bond acceptors (Lipinski definition) is 5. The Kier molecular flexibility index (Phi) is 5.58. The van der Waals surface area contributed by atoms with Gasteiger partial charge >= 0.3 is 0 Å². The summed E-state index contributed by atoms with van der Waals surface area (Å²) in [5.74, 6) is 0. The van der Waals surface area contributed by atoms with Crippen LogP contribution in [0.25, 0.3) is 0 Å². The Morgan fingerprint density at radius 2 is 1.92 bits per heavy atom. The van der Waals surface area contributed by atoms with Crippen LogP contribution in [0.1, 0.15) is 18.1 Å². The lowest BCUT2D eigenvalue weighted by Gasteiger charge is -2.23. The second kappa shape index (κ2) is 8.26. The number of aromatic nitrogens is 1. The van der Waals surface area contributed by atoms with Crippen molar-refractivity contribution in [2.24, 2.45) is 5.10 Å². The van der Waals surface area contributed by atoms with Crippen molar-refractivity contribution in [3.8, 4) is 0 Å². The molecule has 0 fully saturated rings. The third kappa shape index (κ3) is 4.43. The molecule has 0 unspecified atom stereocenters. The SMILES string of the molecule is CCN(Cc1ccccc1)c1ccc(/C=N\Nc2nccs2)cc1. The molecule has 122 valence electrons. The highest BCUT2D eigenvalue weighted by Crippen LogP contribution is 2.17. The molecule has 0 radical (unpaired) electrons. The molecule has 0 bridgehead atoms. The number of hydrogen-bond donors (Lipinski definition) is 1. The van der Waals surface area contributed by atoms with Crippen molar-refractivity contribution in [3.63, 3.8) is 0 Å². The van der Waals surface area contributed by atoms with Gasteiger partial charge in [-0.05, 0) is 30.2 Å². The van der Waals surface area contributed by atoms with E-state index in [0.29, 0.717) is 0 Å². The van der Waals surface area contributed by atoms with E-state index in [4.69, 9.17) is 0 Å². The molecule has 0 spiro atoms. The number of rotatable bonds is 7. The van der Waals surface area contributed by atoms with Crippen molar-refractivity contribution < 1.29 is 0 Å². The van der Waals surface area contributed by atoms with E-state index >= 15 is 0 Å². The second-order valence-electron chi connectivity index (χ2n) is 5.30. The minimum atomic E-state index is 0.794. The second-order valence-corrected chi connectivity index (χ2v) is 6.19. The number of anilines is 2. The first-order valence-electron chi connectivity index (χ1n) is 7.92. The maximum atomic E-state index is 4.21. The van der Waals surface area contributed by atoms with Gasteiger partial charge in [0.1, 0.15) is 0 Å². The summed E-state index contributed by atoms with van der Waals surface area (Å²) >= 11 is 1.53. The van der Waals surface area contributed by atoms with Crippen LogP contribution in [-0.4, -0.2) is 17.7 Å². The standard InChI is InChI=1S/C19H20N4S/c1-2-23(15-17-6-4-3-5-7-17)18-10-8-16(9-11-18)14-21-22-19-20-12-13-24-19/h3-14H,2,15H2,1H3,(H,20,22)/b21-14-. The highest BCUT2D eigenvalue weighted by atomic mass is 32.1. The van der Waals surface area contributed by atoms with Gasteiger partial charge in [0, 0.05) is 30.4 Å². The summed E-state index contributed by atoms with van der Waals surface area (Å²) in [6.45, 7) is 4.06. The van der Waals surface area contributed by atoms with Crippen molar-refractivity contribution in [1.82, 2.24) is 4.98 Å². The zero-order chi connectivity index (χ0) is 16.6. The Bertz CT molecular complexity index is 752. The van der Waals surface area contributed by atoms with E-state index < -0.39 is 0 Å². The first-order chi connectivity index (χ1) is 11.8. The topological polar surface area (TPSA) is 40.5 Å². The fraction of sp³-hybridized carbons (Fsp3) is 0.158. The predicted molar refractivity (Wildman–Crippen MR) is 103 cm³/mol. The first-order valence-corrected chi connectivity index (χ1v) is 8.80. The van der Waals surface area contributed by atoms with Crippen LogP contribution in [-0.2, 0) is 6.54 Å². The van der Waals surface area contributed by atoms with Gasteiger partial charge in [-0.2, -0.15) is 5.10 Å². The average molecular weight is 336 g/mol. The van der Waals surface area contributed by atoms with E-state index in [1.54, 1.807) is 12.4 Å². The Balaban J connectivity index is 1.63. The molecule has 24 heavy (non-hydrogen) atoms. The molecular weight excluding hydrogens is 316 g/mol. The van der Waals surface area contributed by atoms with Crippen molar-refractivity contribution in [2.75, 3.05) is 16.9 Å². The van der Waals surface area contributed by atoms with Crippen LogP contribution >= 0.6 is 11.3 Å². The highest BCUT2D eigenvalue weighted by Gasteiger charge is 2.04. The summed E-state index contributed by atoms with van der Waals surface area (Å²) in [5.41, 5.74) is 6.51. The van der Waals surface area contributed by atoms with Gasteiger partial charge < -0.3 is 4.90 Å². The number of thiazole rings is 1. The lowest BCUT2D eigenvalue weighted by Crippen LogP contribution is -2.21. The van der Waals surface area contributed by atoms with Crippen LogP contribution in [0.4, 0.5) is 10.8 Å². The van der Waals surface area contributed by atoms with Gasteiger partial charge in [-0.3, -0.25) is 5.43 Å². The fourth-order valence-electron chi connectivity index (χ4n) is 2.40. The molecule has 0 aliphatic heterocycles. The summed E-state index contributed by atoms with van der Waals surface area (Å²) in [4.78, 5) is 6.47. The van der Waals surface area contributed by atoms with E-state index in [9.17, 15) is 0 Å². The quantitative estimate of drug-likeness (QED) is 0.506. The lowest BCUT2D eigenvalue weighted by molar-refractivity contribution is 0.832. The minimum Gasteiger partial charge on any atom is -0.367 e. The molecule has 0 aliphatic rings. The molecule has 1 aromatic heterocycles. The van der Waals surface area contributed by atoms with Crippen LogP contribution in [0.5, 0.6) is 0 Å². The first kappa shape index (κ1) is 16.2. The molecule has 0 saturated carbocycles. The van der Waals surface area contributed by atoms with E-state index in [1.807, 2.05) is 11.4 Å². The van der Waals surface area contributed by atoms with Crippen molar-refractivity contribution in [1.29, 1.82) is 0 Å². The Morgan fingerprint density at radius 1 is 1.12 bits per heavy atom. The normalized spacial score (nSPS) is 10.9. The largest absolute Gasteiger partial charge is 0.367 e. The van der Waals surface area contributed by atoms with Crippen LogP contribution in [0.3, 0.4) is 0 Å². The molecule has 1 heterocycles. The van der Waals surface area contributed by atoms with Crippen molar-refractivity contribution in [2.45, 2.75) is 13.5 Å². The number of nitrogens with one attached hydrogen (secondary N) is 1. The smallest absolute Gasteiger partial charge is 0.203 e. The molecule has 0 aliphatic carbocycles. The third-order valence-electron chi connectivity index (χ3n) is 3.66. The summed E-state index contributed by atoms with van der Waals surface area (Å²) in [6.07, 6.45) is 3.56. The van der Waals surface area contributed by atoms with Crippen LogP contribution < -0.4 is 10.3 Å². The van der Waals surface area contributed by atoms with Crippen LogP contribution in [0.15, 0.2) is 71.3 Å². The van der Waals surface area contributed by atoms with E-state index in [1.165, 1.54) is 22.6 Å². The molecule has 4 nitrogen and oxygen atoms in total. The van der Waals surface area contributed by atoms with Gasteiger partial charge in [-0.1, -0.05) is 42.5 Å². The Hall–Kier alpha value is -2.66. The maximum Gasteiger partial charge on any atom is 0.203 e. The van der Waals surface area contributed by atoms with Gasteiger partial charge in [0.2, 0.25) is 5.13 Å². The van der Waals surface area contributed by atoms with Gasteiger partial charge in [0.15, 0.2) is 0 Å². The Morgan fingerprint density at radius 3 is 2.58 bits per heavy atom. The van der Waals surface area contributed by atoms with Crippen molar-refractivity contribution >= 4 is 28.4 Å². The van der Waals surface area contributed by atoms with Gasteiger partial charge in [0.25, 0.3) is 0 Å². The molecule has 1 N–H and O–H groups in total. The minimum absolute atomic E-state index is 0.794. The highest BCUT2D eigenvalue weighted by molar-refractivity contribution is 7.13. The molecule has 0 saturated heterocycles. The van der Waals surface area contributed by atoms with Crippen LogP contribution in [0.2, 0.25) is 0 Å². The average Bonchev–Trinajstić information content (AvgIpc) is 3.15. The molecule has 2 aromatic carbocycles. The lowest BCUT2D eigenvalue weighted by atomic mass is 10.1. The predicted octanol–water partition coefficient (Wildman–Crippen LogP) is 4.62. The summed E-state index contributed by atoms with van der Waals surface area (Å²) in [7, 11) is 0. The summed E-state index contributed by atoms with van der Waals surface area (Å²) in [5, 5.41) is 6.92. The summed E-state index contributed by atoms with van der Waals surface area (Å²) < 4.78 is 0. The molecular formula is C19H20N4S. The number of nitrogens with zero attached hydrogens (tertiary/aromatic N) is 3. The zero-order valence-electron chi connectivity index (χ0n) is 13.6. The van der Waals surface area contributed by atoms with E-state index in [0.717, 1.165) is 23.8 Å². The molecule has 0 amide bonds. The van der Waals surface area contributed by atoms with Gasteiger partial charge in [-0.15, -0.1) is 11.3 Å². The molecule has 3 rings (SSSR count). The van der Waals surface area contributed by atoms with Crippen molar-refractivity contribution in [3.05, 3.63) is 77.3 Å². The van der Waals surface area contributed by atoms with Crippen LogP contribution in [0, 0.1) is 0 Å². The number of benzene rings is 2. The van der Waals surface area contributed by atoms with E-state index in [-0.39, 0.29) is 0 Å². The fourth-order valence-corrected chi connectivity index (χ4v) is 2.88. The maximum absolute atomic E-state index is 4.21. The monoisotopic (exact) mass is 336 g/mol.